The molecular weight excluding hydrogens is 326 g/mol. The Morgan fingerprint density at radius 1 is 1.29 bits per heavy atom. The number of carbonyl (C=O) groups is 1. The number of nitrogens with zero attached hydrogens (tertiary/aromatic N) is 1. The van der Waals surface area contributed by atoms with Crippen LogP contribution in [-0.2, 0) is 9.53 Å². The molecule has 24 heavy (non-hydrogen) atoms. The molecule has 0 bridgehead atoms. The number of morpholine rings is 1. The molecule has 1 atom stereocenters. The minimum atomic E-state index is 0.00139. The summed E-state index contributed by atoms with van der Waals surface area (Å²) in [5, 5.41) is 7.04. The molecule has 0 spiro atoms. The maximum Gasteiger partial charge on any atom is 0.225 e. The Morgan fingerprint density at radius 2 is 1.92 bits per heavy atom. The fraction of sp³-hybridized carbons (Fsp3) is 0.611. The van der Waals surface area contributed by atoms with E-state index in [1.807, 2.05) is 6.92 Å². The fourth-order valence-corrected chi connectivity index (χ4v) is 2.93. The minimum absolute atomic E-state index is 0.00139. The van der Waals surface area contributed by atoms with E-state index in [1.54, 1.807) is 24.3 Å². The first-order valence-electron chi connectivity index (χ1n) is 8.48. The number of amides is 1. The summed E-state index contributed by atoms with van der Waals surface area (Å²) >= 11 is 5.85. The van der Waals surface area contributed by atoms with Crippen molar-refractivity contribution in [3.05, 3.63) is 29.3 Å². The second kappa shape index (κ2) is 8.81. The third kappa shape index (κ3) is 6.06. The highest BCUT2D eigenvalue weighted by molar-refractivity contribution is 6.30. The monoisotopic (exact) mass is 353 g/mol. The molecule has 134 valence electrons. The van der Waals surface area contributed by atoms with E-state index in [2.05, 4.69) is 29.4 Å². The van der Waals surface area contributed by atoms with Gasteiger partial charge in [0.2, 0.25) is 5.91 Å². The molecule has 1 amide bonds. The molecule has 0 saturated carbocycles. The molecule has 1 aliphatic heterocycles. The summed E-state index contributed by atoms with van der Waals surface area (Å²) in [4.78, 5) is 14.6. The van der Waals surface area contributed by atoms with Crippen LogP contribution in [0.1, 0.15) is 27.2 Å². The maximum absolute atomic E-state index is 12.1. The zero-order valence-electron chi connectivity index (χ0n) is 14.8. The molecule has 1 unspecified atom stereocenters. The molecule has 1 fully saturated rings. The van der Waals surface area contributed by atoms with Gasteiger partial charge in [0.15, 0.2) is 0 Å². The van der Waals surface area contributed by atoms with Crippen molar-refractivity contribution in [1.82, 2.24) is 10.2 Å². The minimum Gasteiger partial charge on any atom is -0.379 e. The Morgan fingerprint density at radius 3 is 2.54 bits per heavy atom. The molecule has 5 nitrogen and oxygen atoms in total. The maximum atomic E-state index is 12.1. The number of hydrogen-bond acceptors (Lipinski definition) is 4. The standard InChI is InChI=1S/C18H28ClN3O2/c1-14(12-17(23)21-16-6-4-15(19)5-7-16)20-13-18(2,3)22-8-10-24-11-9-22/h4-7,14,20H,8-13H2,1-3H3,(H,21,23). The normalized spacial score (nSPS) is 17.5. The topological polar surface area (TPSA) is 53.6 Å². The molecule has 1 heterocycles. The average molecular weight is 354 g/mol. The smallest absolute Gasteiger partial charge is 0.225 e. The number of benzene rings is 1. The van der Waals surface area contributed by atoms with Gasteiger partial charge < -0.3 is 15.4 Å². The van der Waals surface area contributed by atoms with Crippen molar-refractivity contribution >= 4 is 23.2 Å². The van der Waals surface area contributed by atoms with E-state index in [4.69, 9.17) is 16.3 Å². The molecule has 1 aromatic carbocycles. The summed E-state index contributed by atoms with van der Waals surface area (Å²) in [7, 11) is 0. The third-order valence-electron chi connectivity index (χ3n) is 4.37. The quantitative estimate of drug-likeness (QED) is 0.791. The zero-order chi connectivity index (χ0) is 17.6. The summed E-state index contributed by atoms with van der Waals surface area (Å²) in [6.07, 6.45) is 0.432. The van der Waals surface area contributed by atoms with Crippen LogP contribution in [0.3, 0.4) is 0 Å². The first kappa shape index (κ1) is 19.2. The van der Waals surface area contributed by atoms with Crippen LogP contribution < -0.4 is 10.6 Å². The van der Waals surface area contributed by atoms with Crippen LogP contribution in [0.15, 0.2) is 24.3 Å². The van der Waals surface area contributed by atoms with Gasteiger partial charge in [-0.05, 0) is 45.0 Å². The summed E-state index contributed by atoms with van der Waals surface area (Å²) in [6.45, 7) is 10.8. The summed E-state index contributed by atoms with van der Waals surface area (Å²) in [5.41, 5.74) is 0.815. The zero-order valence-corrected chi connectivity index (χ0v) is 15.5. The van der Waals surface area contributed by atoms with Gasteiger partial charge >= 0.3 is 0 Å². The lowest BCUT2D eigenvalue weighted by Crippen LogP contribution is -2.55. The summed E-state index contributed by atoms with van der Waals surface area (Å²) in [5.74, 6) is 0.00139. The van der Waals surface area contributed by atoms with Crippen molar-refractivity contribution in [2.45, 2.75) is 38.8 Å². The summed E-state index contributed by atoms with van der Waals surface area (Å²) < 4.78 is 5.41. The molecule has 0 radical (unpaired) electrons. The Bertz CT molecular complexity index is 528. The average Bonchev–Trinajstić information content (AvgIpc) is 2.56. The van der Waals surface area contributed by atoms with E-state index < -0.39 is 0 Å². The molecule has 1 saturated heterocycles. The molecule has 1 aliphatic rings. The molecule has 6 heteroatoms. The predicted octanol–water partition coefficient (Wildman–Crippen LogP) is 2.76. The predicted molar refractivity (Wildman–Crippen MR) is 98.6 cm³/mol. The first-order chi connectivity index (χ1) is 11.4. The van der Waals surface area contributed by atoms with Crippen molar-refractivity contribution in [3.63, 3.8) is 0 Å². The lowest BCUT2D eigenvalue weighted by molar-refractivity contribution is -0.116. The third-order valence-corrected chi connectivity index (χ3v) is 4.62. The lowest BCUT2D eigenvalue weighted by Gasteiger charge is -2.41. The van der Waals surface area contributed by atoms with E-state index in [0.717, 1.165) is 38.5 Å². The van der Waals surface area contributed by atoms with Gasteiger partial charge in [-0.15, -0.1) is 0 Å². The van der Waals surface area contributed by atoms with Crippen molar-refractivity contribution in [2.24, 2.45) is 0 Å². The highest BCUT2D eigenvalue weighted by Crippen LogP contribution is 2.16. The van der Waals surface area contributed by atoms with Crippen molar-refractivity contribution in [2.75, 3.05) is 38.2 Å². The van der Waals surface area contributed by atoms with Gasteiger partial charge in [0, 0.05) is 48.3 Å². The molecule has 0 aromatic heterocycles. The van der Waals surface area contributed by atoms with Crippen LogP contribution in [0.25, 0.3) is 0 Å². The van der Waals surface area contributed by atoms with Gasteiger partial charge in [0.25, 0.3) is 0 Å². The Hall–Kier alpha value is -1.14. The molecule has 0 aliphatic carbocycles. The van der Waals surface area contributed by atoms with E-state index in [9.17, 15) is 4.79 Å². The SMILES string of the molecule is CC(CC(=O)Nc1ccc(Cl)cc1)NCC(C)(C)N1CCOCC1. The van der Waals surface area contributed by atoms with Gasteiger partial charge in [-0.1, -0.05) is 11.6 Å². The lowest BCUT2D eigenvalue weighted by atomic mass is 10.0. The molecular formula is C18H28ClN3O2. The largest absolute Gasteiger partial charge is 0.379 e. The molecule has 2 N–H and O–H groups in total. The Kier molecular flexibility index (Phi) is 7.04. The van der Waals surface area contributed by atoms with Crippen LogP contribution in [-0.4, -0.2) is 55.2 Å². The van der Waals surface area contributed by atoms with E-state index in [-0.39, 0.29) is 17.5 Å². The van der Waals surface area contributed by atoms with E-state index in [1.165, 1.54) is 0 Å². The second-order valence-corrected chi connectivity index (χ2v) is 7.39. The Balaban J connectivity index is 1.74. The van der Waals surface area contributed by atoms with Gasteiger partial charge in [0.1, 0.15) is 0 Å². The van der Waals surface area contributed by atoms with Crippen LogP contribution in [0.4, 0.5) is 5.69 Å². The van der Waals surface area contributed by atoms with Gasteiger partial charge in [-0.2, -0.15) is 0 Å². The fourth-order valence-electron chi connectivity index (χ4n) is 2.80. The van der Waals surface area contributed by atoms with Gasteiger partial charge in [-0.25, -0.2) is 0 Å². The molecule has 2 rings (SSSR count). The summed E-state index contributed by atoms with van der Waals surface area (Å²) in [6, 6.07) is 7.25. The number of anilines is 1. The van der Waals surface area contributed by atoms with Crippen LogP contribution in [0.2, 0.25) is 5.02 Å². The second-order valence-electron chi connectivity index (χ2n) is 6.95. The number of hydrogen-bond donors (Lipinski definition) is 2. The highest BCUT2D eigenvalue weighted by Gasteiger charge is 2.28. The Labute approximate surface area is 149 Å². The van der Waals surface area contributed by atoms with E-state index in [0.29, 0.717) is 11.4 Å². The van der Waals surface area contributed by atoms with Crippen molar-refractivity contribution in [1.29, 1.82) is 0 Å². The number of rotatable bonds is 7. The number of nitrogens with one attached hydrogen (secondary N) is 2. The van der Waals surface area contributed by atoms with Gasteiger partial charge in [0.05, 0.1) is 13.2 Å². The highest BCUT2D eigenvalue weighted by atomic mass is 35.5. The van der Waals surface area contributed by atoms with Crippen molar-refractivity contribution in [3.8, 4) is 0 Å². The van der Waals surface area contributed by atoms with Crippen LogP contribution >= 0.6 is 11.6 Å². The molecule has 1 aromatic rings. The number of carbonyl (C=O) groups excluding carboxylic acids is 1. The van der Waals surface area contributed by atoms with Crippen molar-refractivity contribution < 1.29 is 9.53 Å². The van der Waals surface area contributed by atoms with E-state index >= 15 is 0 Å². The van der Waals surface area contributed by atoms with Crippen LogP contribution in [0, 0.1) is 0 Å². The number of halogens is 1. The first-order valence-corrected chi connectivity index (χ1v) is 8.86. The van der Waals surface area contributed by atoms with Gasteiger partial charge in [-0.3, -0.25) is 9.69 Å². The van der Waals surface area contributed by atoms with Crippen LogP contribution in [0.5, 0.6) is 0 Å². The number of ether oxygens (including phenoxy) is 1.